The average Bonchev–Trinajstić information content (AvgIpc) is 2.74. The third-order valence-electron chi connectivity index (χ3n) is 2.83. The molecule has 0 aliphatic heterocycles. The van der Waals surface area contributed by atoms with Crippen LogP contribution in [0.3, 0.4) is 0 Å². The minimum absolute atomic E-state index is 0.412. The van der Waals surface area contributed by atoms with E-state index in [1.54, 1.807) is 6.33 Å². The van der Waals surface area contributed by atoms with Gasteiger partial charge < -0.3 is 14.6 Å². The van der Waals surface area contributed by atoms with Crippen molar-refractivity contribution in [2.24, 2.45) is 7.05 Å². The van der Waals surface area contributed by atoms with Gasteiger partial charge in [0, 0.05) is 23.6 Å². The van der Waals surface area contributed by atoms with Crippen LogP contribution in [-0.4, -0.2) is 21.8 Å². The molecule has 0 aliphatic rings. The predicted octanol–water partition coefficient (Wildman–Crippen LogP) is 2.18. The van der Waals surface area contributed by atoms with Gasteiger partial charge in [0.1, 0.15) is 18.7 Å². The van der Waals surface area contributed by atoms with E-state index in [2.05, 4.69) is 37.5 Å². The Kier molecular flexibility index (Phi) is 4.55. The second kappa shape index (κ2) is 6.16. The zero-order valence-corrected chi connectivity index (χ0v) is 12.9. The highest BCUT2D eigenvalue weighted by molar-refractivity contribution is 9.10. The summed E-state index contributed by atoms with van der Waals surface area (Å²) in [4.78, 5) is 0. The van der Waals surface area contributed by atoms with Crippen LogP contribution in [0.15, 0.2) is 22.9 Å². The third-order valence-corrected chi connectivity index (χ3v) is 3.29. The second-order valence-corrected chi connectivity index (χ2v) is 5.30. The van der Waals surface area contributed by atoms with Gasteiger partial charge in [-0.15, -0.1) is 10.2 Å². The van der Waals surface area contributed by atoms with Crippen LogP contribution in [0, 0.1) is 6.92 Å². The molecule has 1 N–H and O–H groups in total. The minimum atomic E-state index is 0.412. The van der Waals surface area contributed by atoms with Crippen LogP contribution in [0.5, 0.6) is 5.75 Å². The maximum atomic E-state index is 5.92. The molecule has 1 aromatic heterocycles. The lowest BCUT2D eigenvalue weighted by atomic mass is 10.1. The first-order valence-corrected chi connectivity index (χ1v) is 6.80. The zero-order valence-electron chi connectivity index (χ0n) is 11.3. The lowest BCUT2D eigenvalue weighted by molar-refractivity contribution is 0.285. The fourth-order valence-corrected chi connectivity index (χ4v) is 2.52. The van der Waals surface area contributed by atoms with Crippen LogP contribution >= 0.6 is 15.9 Å². The summed E-state index contributed by atoms with van der Waals surface area (Å²) in [6.45, 7) is 3.21. The number of aryl methyl sites for hydroxylation is 2. The molecular weight excluding hydrogens is 308 g/mol. The number of hydrogen-bond donors (Lipinski definition) is 1. The molecule has 2 aromatic rings. The third kappa shape index (κ3) is 3.33. The highest BCUT2D eigenvalue weighted by atomic mass is 79.9. The molecule has 0 bridgehead atoms. The van der Waals surface area contributed by atoms with Crippen molar-refractivity contribution in [2.45, 2.75) is 20.1 Å². The van der Waals surface area contributed by atoms with Crippen LogP contribution in [0.4, 0.5) is 0 Å². The fraction of sp³-hybridized carbons (Fsp3) is 0.385. The Morgan fingerprint density at radius 3 is 2.84 bits per heavy atom. The average molecular weight is 325 g/mol. The van der Waals surface area contributed by atoms with Crippen LogP contribution in [-0.2, 0) is 20.2 Å². The van der Waals surface area contributed by atoms with Gasteiger partial charge in [0.2, 0.25) is 0 Å². The first-order chi connectivity index (χ1) is 9.11. The Labute approximate surface area is 121 Å². The van der Waals surface area contributed by atoms with E-state index in [1.165, 1.54) is 0 Å². The monoisotopic (exact) mass is 324 g/mol. The summed E-state index contributed by atoms with van der Waals surface area (Å²) >= 11 is 3.51. The Morgan fingerprint density at radius 1 is 1.42 bits per heavy atom. The fourth-order valence-electron chi connectivity index (χ4n) is 1.90. The minimum Gasteiger partial charge on any atom is -0.485 e. The number of rotatable bonds is 5. The lowest BCUT2D eigenvalue weighted by Crippen LogP contribution is -2.10. The van der Waals surface area contributed by atoms with Crippen LogP contribution in [0.2, 0.25) is 0 Å². The Morgan fingerprint density at radius 2 is 2.21 bits per heavy atom. The molecule has 0 radical (unpaired) electrons. The van der Waals surface area contributed by atoms with Gasteiger partial charge in [-0.3, -0.25) is 0 Å². The van der Waals surface area contributed by atoms with Crippen molar-refractivity contribution >= 4 is 15.9 Å². The van der Waals surface area contributed by atoms with E-state index < -0.39 is 0 Å². The molecule has 0 atom stereocenters. The second-order valence-electron chi connectivity index (χ2n) is 4.39. The van der Waals surface area contributed by atoms with E-state index in [-0.39, 0.29) is 0 Å². The Bertz CT molecular complexity index is 568. The molecule has 1 heterocycles. The standard InChI is InChI=1S/C13H17BrN4O/c1-9-4-11(14)5-10(6-15-2)13(9)19-7-12-17-16-8-18(12)3/h4-5,8,15H,6-7H2,1-3H3. The Hall–Kier alpha value is -1.40. The summed E-state index contributed by atoms with van der Waals surface area (Å²) in [5.74, 6) is 1.71. The number of ether oxygens (including phenoxy) is 1. The largest absolute Gasteiger partial charge is 0.485 e. The van der Waals surface area contributed by atoms with Crippen molar-refractivity contribution in [2.75, 3.05) is 7.05 Å². The number of nitrogens with one attached hydrogen (secondary N) is 1. The lowest BCUT2D eigenvalue weighted by Gasteiger charge is -2.14. The number of hydrogen-bond acceptors (Lipinski definition) is 4. The number of halogens is 1. The molecule has 19 heavy (non-hydrogen) atoms. The van der Waals surface area contributed by atoms with E-state index in [0.29, 0.717) is 6.61 Å². The molecule has 102 valence electrons. The number of aromatic nitrogens is 3. The van der Waals surface area contributed by atoms with Crippen molar-refractivity contribution in [1.82, 2.24) is 20.1 Å². The van der Waals surface area contributed by atoms with E-state index in [4.69, 9.17) is 4.74 Å². The van der Waals surface area contributed by atoms with Gasteiger partial charge >= 0.3 is 0 Å². The molecule has 0 aliphatic carbocycles. The summed E-state index contributed by atoms with van der Waals surface area (Å²) in [6, 6.07) is 4.11. The molecule has 6 heteroatoms. The van der Waals surface area contributed by atoms with E-state index in [1.807, 2.05) is 31.7 Å². The summed E-state index contributed by atoms with van der Waals surface area (Å²) in [7, 11) is 3.82. The van der Waals surface area contributed by atoms with Crippen molar-refractivity contribution in [3.05, 3.63) is 39.9 Å². The topological polar surface area (TPSA) is 52.0 Å². The number of nitrogens with zero attached hydrogens (tertiary/aromatic N) is 3. The maximum absolute atomic E-state index is 5.92. The molecule has 0 amide bonds. The molecule has 1 aromatic carbocycles. The van der Waals surface area contributed by atoms with E-state index >= 15 is 0 Å². The normalized spacial score (nSPS) is 10.7. The van der Waals surface area contributed by atoms with Crippen molar-refractivity contribution < 1.29 is 4.74 Å². The van der Waals surface area contributed by atoms with Crippen LogP contribution in [0.25, 0.3) is 0 Å². The smallest absolute Gasteiger partial charge is 0.170 e. The van der Waals surface area contributed by atoms with Gasteiger partial charge in [-0.25, -0.2) is 0 Å². The van der Waals surface area contributed by atoms with Gasteiger partial charge in [-0.1, -0.05) is 15.9 Å². The van der Waals surface area contributed by atoms with Gasteiger partial charge in [0.05, 0.1) is 0 Å². The summed E-state index contributed by atoms with van der Waals surface area (Å²) in [5.41, 5.74) is 2.22. The molecule has 0 saturated carbocycles. The van der Waals surface area contributed by atoms with Gasteiger partial charge in [0.25, 0.3) is 0 Å². The highest BCUT2D eigenvalue weighted by Crippen LogP contribution is 2.28. The highest BCUT2D eigenvalue weighted by Gasteiger charge is 2.10. The molecule has 5 nitrogen and oxygen atoms in total. The predicted molar refractivity (Wildman–Crippen MR) is 77.0 cm³/mol. The zero-order chi connectivity index (χ0) is 13.8. The van der Waals surface area contributed by atoms with Crippen LogP contribution < -0.4 is 10.1 Å². The van der Waals surface area contributed by atoms with Gasteiger partial charge in [-0.05, 0) is 31.7 Å². The quantitative estimate of drug-likeness (QED) is 0.916. The van der Waals surface area contributed by atoms with E-state index in [9.17, 15) is 0 Å². The SMILES string of the molecule is CNCc1cc(Br)cc(C)c1OCc1nncn1C. The summed E-state index contributed by atoms with van der Waals surface area (Å²) in [5, 5.41) is 11.0. The molecule has 0 saturated heterocycles. The maximum Gasteiger partial charge on any atom is 0.170 e. The van der Waals surface area contributed by atoms with Crippen molar-refractivity contribution in [1.29, 1.82) is 0 Å². The molecule has 0 fully saturated rings. The van der Waals surface area contributed by atoms with Gasteiger partial charge in [-0.2, -0.15) is 0 Å². The van der Waals surface area contributed by atoms with E-state index in [0.717, 1.165) is 33.7 Å². The summed E-state index contributed by atoms with van der Waals surface area (Å²) < 4.78 is 8.83. The molecule has 0 spiro atoms. The van der Waals surface area contributed by atoms with Crippen molar-refractivity contribution in [3.63, 3.8) is 0 Å². The first-order valence-electron chi connectivity index (χ1n) is 6.01. The van der Waals surface area contributed by atoms with Gasteiger partial charge in [0.15, 0.2) is 5.82 Å². The molecule has 2 rings (SSSR count). The Balaban J connectivity index is 2.21. The molecular formula is C13H17BrN4O. The first kappa shape index (κ1) is 14.0. The molecule has 0 unspecified atom stereocenters. The number of benzene rings is 1. The summed E-state index contributed by atoms with van der Waals surface area (Å²) in [6.07, 6.45) is 1.67. The van der Waals surface area contributed by atoms with Crippen molar-refractivity contribution in [3.8, 4) is 5.75 Å². The van der Waals surface area contributed by atoms with Crippen LogP contribution in [0.1, 0.15) is 17.0 Å².